The molecule has 1 heterocycles. The van der Waals surface area contributed by atoms with Gasteiger partial charge >= 0.3 is 0 Å². The van der Waals surface area contributed by atoms with Crippen LogP contribution in [-0.4, -0.2) is 22.0 Å². The van der Waals surface area contributed by atoms with Gasteiger partial charge in [-0.2, -0.15) is 5.10 Å². The molecule has 4 nitrogen and oxygen atoms in total. The molecule has 0 saturated carbocycles. The van der Waals surface area contributed by atoms with E-state index < -0.39 is 6.10 Å². The summed E-state index contributed by atoms with van der Waals surface area (Å²) in [5.74, 6) is 0.651. The highest BCUT2D eigenvalue weighted by atomic mass is 16.5. The second-order valence-electron chi connectivity index (χ2n) is 5.03. The number of aliphatic hydroxyl groups excluding tert-OH is 1. The van der Waals surface area contributed by atoms with Crippen LogP contribution in [-0.2, 0) is 13.0 Å². The van der Waals surface area contributed by atoms with Crippen LogP contribution < -0.4 is 4.74 Å². The fourth-order valence-corrected chi connectivity index (χ4v) is 2.42. The Hall–Kier alpha value is -1.81. The largest absolute Gasteiger partial charge is 0.493 e. The third kappa shape index (κ3) is 3.20. The molecular weight excluding hydrogens is 252 g/mol. The molecule has 1 atom stereocenters. The van der Waals surface area contributed by atoms with Gasteiger partial charge in [-0.3, -0.25) is 4.68 Å². The number of methoxy groups -OCH3 is 1. The molecule has 1 unspecified atom stereocenters. The molecule has 0 aliphatic heterocycles. The van der Waals surface area contributed by atoms with Gasteiger partial charge < -0.3 is 9.84 Å². The highest BCUT2D eigenvalue weighted by Gasteiger charge is 2.20. The molecule has 0 amide bonds. The van der Waals surface area contributed by atoms with Crippen LogP contribution in [0.25, 0.3) is 0 Å². The number of aryl methyl sites for hydroxylation is 2. The third-order valence-electron chi connectivity index (χ3n) is 3.33. The predicted octanol–water partition coefficient (Wildman–Crippen LogP) is 2.89. The summed E-state index contributed by atoms with van der Waals surface area (Å²) in [4.78, 5) is 0. The van der Waals surface area contributed by atoms with Crippen molar-refractivity contribution in [2.24, 2.45) is 0 Å². The fourth-order valence-electron chi connectivity index (χ4n) is 2.42. The smallest absolute Gasteiger partial charge is 0.162 e. The van der Waals surface area contributed by atoms with Gasteiger partial charge in [0.1, 0.15) is 11.8 Å². The molecule has 2 rings (SSSR count). The van der Waals surface area contributed by atoms with Crippen LogP contribution in [0.4, 0.5) is 0 Å². The maximum absolute atomic E-state index is 10.5. The maximum Gasteiger partial charge on any atom is 0.162 e. The Morgan fingerprint density at radius 3 is 2.85 bits per heavy atom. The molecule has 1 aromatic heterocycles. The molecule has 1 aromatic carbocycles. The monoisotopic (exact) mass is 274 g/mol. The van der Waals surface area contributed by atoms with Gasteiger partial charge in [0.05, 0.1) is 13.3 Å². The molecule has 0 aliphatic rings. The Morgan fingerprint density at radius 1 is 1.40 bits per heavy atom. The van der Waals surface area contributed by atoms with Gasteiger partial charge in [0.25, 0.3) is 0 Å². The molecular formula is C16H22N2O2. The normalized spacial score (nSPS) is 12.4. The van der Waals surface area contributed by atoms with E-state index in [1.165, 1.54) is 5.56 Å². The van der Waals surface area contributed by atoms with Gasteiger partial charge in [-0.15, -0.1) is 0 Å². The number of aromatic nitrogens is 2. The average Bonchev–Trinajstić information content (AvgIpc) is 2.82. The second-order valence-corrected chi connectivity index (χ2v) is 5.03. The molecule has 20 heavy (non-hydrogen) atoms. The van der Waals surface area contributed by atoms with E-state index >= 15 is 0 Å². The van der Waals surface area contributed by atoms with Gasteiger partial charge in [-0.05, 0) is 18.9 Å². The highest BCUT2D eigenvalue weighted by Crippen LogP contribution is 2.27. The molecule has 0 fully saturated rings. The van der Waals surface area contributed by atoms with Crippen LogP contribution in [0.1, 0.15) is 36.3 Å². The van der Waals surface area contributed by atoms with Crippen molar-refractivity contribution in [3.05, 3.63) is 47.3 Å². The molecule has 0 bridgehead atoms. The topological polar surface area (TPSA) is 47.3 Å². The van der Waals surface area contributed by atoms with E-state index in [0.717, 1.165) is 24.2 Å². The SMILES string of the molecule is CCCn1ncc(OC)c1C(O)Cc1cccc(C)c1. The van der Waals surface area contributed by atoms with E-state index in [4.69, 9.17) is 4.74 Å². The Morgan fingerprint density at radius 2 is 2.20 bits per heavy atom. The first-order valence-electron chi connectivity index (χ1n) is 6.99. The summed E-state index contributed by atoms with van der Waals surface area (Å²) in [7, 11) is 1.61. The third-order valence-corrected chi connectivity index (χ3v) is 3.33. The van der Waals surface area contributed by atoms with Crippen molar-refractivity contribution in [2.75, 3.05) is 7.11 Å². The average molecular weight is 274 g/mol. The lowest BCUT2D eigenvalue weighted by Crippen LogP contribution is -2.12. The standard InChI is InChI=1S/C16H22N2O2/c1-4-8-18-16(15(20-3)11-17-18)14(19)10-13-7-5-6-12(2)9-13/h5-7,9,11,14,19H,4,8,10H2,1-3H3. The summed E-state index contributed by atoms with van der Waals surface area (Å²) >= 11 is 0. The van der Waals surface area contributed by atoms with E-state index in [1.807, 2.05) is 16.8 Å². The summed E-state index contributed by atoms with van der Waals surface area (Å²) in [5.41, 5.74) is 3.07. The number of nitrogens with zero attached hydrogens (tertiary/aromatic N) is 2. The summed E-state index contributed by atoms with van der Waals surface area (Å²) in [6.45, 7) is 4.92. The van der Waals surface area contributed by atoms with Gasteiger partial charge in [-0.25, -0.2) is 0 Å². The molecule has 0 aliphatic carbocycles. The molecule has 0 radical (unpaired) electrons. The molecule has 1 N–H and O–H groups in total. The number of rotatable bonds is 6. The van der Waals surface area contributed by atoms with Gasteiger partial charge in [-0.1, -0.05) is 36.8 Å². The lowest BCUT2D eigenvalue weighted by atomic mass is 10.0. The zero-order valence-electron chi connectivity index (χ0n) is 12.3. The molecule has 4 heteroatoms. The van der Waals surface area contributed by atoms with Crippen molar-refractivity contribution in [1.82, 2.24) is 9.78 Å². The first kappa shape index (κ1) is 14.6. The van der Waals surface area contributed by atoms with Crippen LogP contribution in [0.2, 0.25) is 0 Å². The van der Waals surface area contributed by atoms with Crippen molar-refractivity contribution < 1.29 is 9.84 Å². The Kier molecular flexibility index (Phi) is 4.79. The summed E-state index contributed by atoms with van der Waals surface area (Å²) < 4.78 is 7.14. The first-order chi connectivity index (χ1) is 9.65. The number of hydrogen-bond acceptors (Lipinski definition) is 3. The predicted molar refractivity (Wildman–Crippen MR) is 78.9 cm³/mol. The molecule has 0 spiro atoms. The summed E-state index contributed by atoms with van der Waals surface area (Å²) in [6.07, 6.45) is 2.59. The Labute approximate surface area is 120 Å². The van der Waals surface area contributed by atoms with Gasteiger partial charge in [0.15, 0.2) is 5.75 Å². The minimum absolute atomic E-state index is 0.563. The van der Waals surface area contributed by atoms with E-state index in [9.17, 15) is 5.11 Å². The van der Waals surface area contributed by atoms with E-state index in [0.29, 0.717) is 12.2 Å². The van der Waals surface area contributed by atoms with E-state index in [2.05, 4.69) is 31.1 Å². The van der Waals surface area contributed by atoms with E-state index in [-0.39, 0.29) is 0 Å². The Bertz CT molecular complexity index is 563. The van der Waals surface area contributed by atoms with Crippen molar-refractivity contribution in [1.29, 1.82) is 0 Å². The molecule has 2 aromatic rings. The second kappa shape index (κ2) is 6.57. The minimum atomic E-state index is -0.610. The number of benzene rings is 1. The number of hydrogen-bond donors (Lipinski definition) is 1. The van der Waals surface area contributed by atoms with Crippen molar-refractivity contribution >= 4 is 0 Å². The van der Waals surface area contributed by atoms with Crippen LogP contribution in [0.15, 0.2) is 30.5 Å². The quantitative estimate of drug-likeness (QED) is 0.881. The zero-order valence-corrected chi connectivity index (χ0v) is 12.3. The van der Waals surface area contributed by atoms with Gasteiger partial charge in [0.2, 0.25) is 0 Å². The summed E-state index contributed by atoms with van der Waals surface area (Å²) in [5, 5.41) is 14.8. The number of ether oxygens (including phenoxy) is 1. The van der Waals surface area contributed by atoms with Gasteiger partial charge in [0, 0.05) is 13.0 Å². The van der Waals surface area contributed by atoms with Crippen LogP contribution in [0, 0.1) is 6.92 Å². The van der Waals surface area contributed by atoms with Crippen LogP contribution in [0.5, 0.6) is 5.75 Å². The first-order valence-corrected chi connectivity index (χ1v) is 6.99. The minimum Gasteiger partial charge on any atom is -0.493 e. The van der Waals surface area contributed by atoms with Crippen molar-refractivity contribution in [3.63, 3.8) is 0 Å². The fraction of sp³-hybridized carbons (Fsp3) is 0.438. The molecule has 108 valence electrons. The number of aliphatic hydroxyl groups is 1. The Balaban J connectivity index is 2.23. The summed E-state index contributed by atoms with van der Waals surface area (Å²) in [6, 6.07) is 8.19. The van der Waals surface area contributed by atoms with Crippen LogP contribution in [0.3, 0.4) is 0 Å². The van der Waals surface area contributed by atoms with Crippen LogP contribution >= 0.6 is 0 Å². The lowest BCUT2D eigenvalue weighted by Gasteiger charge is -2.15. The van der Waals surface area contributed by atoms with Crippen molar-refractivity contribution in [3.8, 4) is 5.75 Å². The molecule has 0 saturated heterocycles. The lowest BCUT2D eigenvalue weighted by molar-refractivity contribution is 0.162. The maximum atomic E-state index is 10.5. The highest BCUT2D eigenvalue weighted by molar-refractivity contribution is 5.30. The van der Waals surface area contributed by atoms with Crippen molar-refractivity contribution in [2.45, 2.75) is 39.3 Å². The van der Waals surface area contributed by atoms with E-state index in [1.54, 1.807) is 13.3 Å². The zero-order chi connectivity index (χ0) is 14.5.